The zero-order valence-electron chi connectivity index (χ0n) is 11.6. The molecule has 0 aromatic carbocycles. The van der Waals surface area contributed by atoms with Crippen molar-refractivity contribution < 1.29 is 0 Å². The molecule has 0 fully saturated rings. The van der Waals surface area contributed by atoms with E-state index in [1.165, 1.54) is 0 Å². The topological polar surface area (TPSA) is 21.8 Å². The maximum atomic E-state index is 5.32. The second-order valence-corrected chi connectivity index (χ2v) is 5.46. The van der Waals surface area contributed by atoms with Crippen molar-refractivity contribution in [1.29, 1.82) is 0 Å². The molecule has 0 spiro atoms. The van der Waals surface area contributed by atoms with Gasteiger partial charge in [0.25, 0.3) is 0 Å². The lowest BCUT2D eigenvalue weighted by Gasteiger charge is -2.29. The summed E-state index contributed by atoms with van der Waals surface area (Å²) in [5, 5.41) is 4.37. The second-order valence-electron chi connectivity index (χ2n) is 4.68. The molecule has 0 aromatic rings. The van der Waals surface area contributed by atoms with E-state index < -0.39 is 0 Å². The van der Waals surface area contributed by atoms with Gasteiger partial charge in [0.05, 0.1) is 0 Å². The van der Waals surface area contributed by atoms with Gasteiger partial charge in [-0.05, 0) is 58.4 Å². The molecule has 0 amide bonds. The Morgan fingerprint density at radius 1 is 1.06 bits per heavy atom. The molecule has 0 aliphatic rings. The third-order valence-corrected chi connectivity index (χ3v) is 3.45. The molecule has 0 rings (SSSR count). The van der Waals surface area contributed by atoms with E-state index >= 15 is 0 Å². The van der Waals surface area contributed by atoms with Crippen LogP contribution in [0.5, 0.6) is 0 Å². The van der Waals surface area contributed by atoms with Gasteiger partial charge >= 0.3 is 0 Å². The third kappa shape index (κ3) is 6.75. The summed E-state index contributed by atoms with van der Waals surface area (Å²) in [7, 11) is 9.93. The summed E-state index contributed by atoms with van der Waals surface area (Å²) in [5.41, 5.74) is 0. The van der Waals surface area contributed by atoms with Crippen LogP contribution in [0.2, 0.25) is 0 Å². The van der Waals surface area contributed by atoms with Crippen LogP contribution in [-0.4, -0.2) is 72.7 Å². The summed E-state index contributed by atoms with van der Waals surface area (Å²) in [6.45, 7) is 3.21. The Labute approximate surface area is 116 Å². The molecule has 4 nitrogen and oxygen atoms in total. The van der Waals surface area contributed by atoms with Gasteiger partial charge in [-0.1, -0.05) is 0 Å². The molecule has 0 heterocycles. The Balaban J connectivity index is 4.16. The summed E-state index contributed by atoms with van der Waals surface area (Å²) in [6, 6.07) is 0.391. The minimum atomic E-state index is 0.391. The van der Waals surface area contributed by atoms with Crippen molar-refractivity contribution in [3.63, 3.8) is 0 Å². The summed E-state index contributed by atoms with van der Waals surface area (Å²) >= 11 is 10.5. The van der Waals surface area contributed by atoms with Gasteiger partial charge in [-0.3, -0.25) is 0 Å². The number of hydrogen-bond acceptors (Lipinski definition) is 3. The van der Waals surface area contributed by atoms with Gasteiger partial charge in [-0.15, -0.1) is 0 Å². The molecule has 1 unspecified atom stereocenters. The number of hydrogen-bond donors (Lipinski definition) is 1. The van der Waals surface area contributed by atoms with Crippen molar-refractivity contribution in [3.05, 3.63) is 0 Å². The molecule has 0 aliphatic carbocycles. The van der Waals surface area contributed by atoms with Crippen molar-refractivity contribution in [2.75, 3.05) is 41.8 Å². The van der Waals surface area contributed by atoms with Gasteiger partial charge < -0.3 is 20.0 Å². The summed E-state index contributed by atoms with van der Waals surface area (Å²) in [4.78, 5) is 6.06. The van der Waals surface area contributed by atoms with Gasteiger partial charge in [0.1, 0.15) is 0 Å². The van der Waals surface area contributed by atoms with E-state index in [0.717, 1.165) is 13.0 Å². The Morgan fingerprint density at radius 2 is 1.59 bits per heavy atom. The molecular formula is C11H24N4S2. The fraction of sp³-hybridized carbons (Fsp3) is 0.818. The van der Waals surface area contributed by atoms with Crippen LogP contribution in [-0.2, 0) is 0 Å². The molecule has 6 heteroatoms. The molecule has 0 saturated heterocycles. The minimum absolute atomic E-state index is 0.391. The molecule has 0 saturated carbocycles. The van der Waals surface area contributed by atoms with E-state index in [1.54, 1.807) is 0 Å². The summed E-state index contributed by atoms with van der Waals surface area (Å²) < 4.78 is 0. The monoisotopic (exact) mass is 276 g/mol. The van der Waals surface area contributed by atoms with Crippen LogP contribution in [0.1, 0.15) is 13.3 Å². The summed E-state index contributed by atoms with van der Waals surface area (Å²) in [5.74, 6) is 0. The van der Waals surface area contributed by atoms with Crippen LogP contribution < -0.4 is 5.32 Å². The van der Waals surface area contributed by atoms with E-state index in [-0.39, 0.29) is 0 Å². The fourth-order valence-electron chi connectivity index (χ4n) is 1.13. The molecule has 1 atom stereocenters. The predicted molar refractivity (Wildman–Crippen MR) is 82.4 cm³/mol. The maximum absolute atomic E-state index is 5.32. The highest BCUT2D eigenvalue weighted by atomic mass is 32.1. The standard InChI is InChI=1S/C11H24N4S2/c1-9(7-8-13(2)3)15(6)11(17)12-10(16)14(4)5/h9H,7-8H2,1-6H3,(H,12,16,17). The largest absolute Gasteiger partial charge is 0.355 e. The summed E-state index contributed by atoms with van der Waals surface area (Å²) in [6.07, 6.45) is 1.07. The van der Waals surface area contributed by atoms with Crippen LogP contribution in [0.15, 0.2) is 0 Å². The Hall–Kier alpha value is -0.460. The highest BCUT2D eigenvalue weighted by Gasteiger charge is 2.13. The first kappa shape index (κ1) is 16.5. The average molecular weight is 276 g/mol. The van der Waals surface area contributed by atoms with Crippen molar-refractivity contribution in [1.82, 2.24) is 20.0 Å². The SMILES string of the molecule is CC(CCN(C)C)N(C)C(=S)NC(=S)N(C)C. The van der Waals surface area contributed by atoms with Crippen LogP contribution in [0.3, 0.4) is 0 Å². The van der Waals surface area contributed by atoms with Crippen LogP contribution >= 0.6 is 24.4 Å². The molecule has 0 aliphatic heterocycles. The average Bonchev–Trinajstić information content (AvgIpc) is 2.24. The maximum Gasteiger partial charge on any atom is 0.175 e. The molecule has 100 valence electrons. The lowest BCUT2D eigenvalue weighted by Crippen LogP contribution is -2.48. The van der Waals surface area contributed by atoms with Gasteiger partial charge in [0.15, 0.2) is 10.2 Å². The van der Waals surface area contributed by atoms with Gasteiger partial charge in [0, 0.05) is 27.2 Å². The van der Waals surface area contributed by atoms with Gasteiger partial charge in [0.2, 0.25) is 0 Å². The number of thiocarbonyl (C=S) groups is 2. The first-order valence-electron chi connectivity index (χ1n) is 5.65. The lowest BCUT2D eigenvalue weighted by molar-refractivity contribution is 0.311. The quantitative estimate of drug-likeness (QED) is 0.768. The van der Waals surface area contributed by atoms with Crippen molar-refractivity contribution in [2.45, 2.75) is 19.4 Å². The smallest absolute Gasteiger partial charge is 0.175 e. The fourth-order valence-corrected chi connectivity index (χ4v) is 1.57. The zero-order chi connectivity index (χ0) is 13.6. The van der Waals surface area contributed by atoms with Crippen molar-refractivity contribution in [2.24, 2.45) is 0 Å². The Morgan fingerprint density at radius 3 is 2.00 bits per heavy atom. The molecule has 0 bridgehead atoms. The normalized spacial score (nSPS) is 12.2. The second kappa shape index (κ2) is 7.79. The highest BCUT2D eigenvalue weighted by molar-refractivity contribution is 7.81. The Kier molecular flexibility index (Phi) is 7.58. The Bertz CT molecular complexity index is 266. The first-order valence-corrected chi connectivity index (χ1v) is 6.47. The van der Waals surface area contributed by atoms with E-state index in [4.69, 9.17) is 24.4 Å². The molecular weight excluding hydrogens is 252 g/mol. The van der Waals surface area contributed by atoms with E-state index in [1.807, 2.05) is 26.0 Å². The molecule has 17 heavy (non-hydrogen) atoms. The number of nitrogens with zero attached hydrogens (tertiary/aromatic N) is 3. The molecule has 1 N–H and O–H groups in total. The first-order chi connectivity index (χ1) is 7.75. The number of rotatable bonds is 4. The van der Waals surface area contributed by atoms with Crippen LogP contribution in [0, 0.1) is 0 Å². The van der Waals surface area contributed by atoms with Crippen LogP contribution in [0.25, 0.3) is 0 Å². The molecule has 0 aromatic heterocycles. The third-order valence-electron chi connectivity index (χ3n) is 2.60. The highest BCUT2D eigenvalue weighted by Crippen LogP contribution is 2.02. The number of nitrogens with one attached hydrogen (secondary N) is 1. The minimum Gasteiger partial charge on any atom is -0.355 e. The van der Waals surface area contributed by atoms with E-state index in [2.05, 4.69) is 36.1 Å². The van der Waals surface area contributed by atoms with E-state index in [9.17, 15) is 0 Å². The lowest BCUT2D eigenvalue weighted by atomic mass is 10.2. The van der Waals surface area contributed by atoms with Crippen molar-refractivity contribution in [3.8, 4) is 0 Å². The van der Waals surface area contributed by atoms with E-state index in [0.29, 0.717) is 16.3 Å². The molecule has 0 radical (unpaired) electrons. The van der Waals surface area contributed by atoms with Crippen LogP contribution in [0.4, 0.5) is 0 Å². The van der Waals surface area contributed by atoms with Gasteiger partial charge in [-0.2, -0.15) is 0 Å². The van der Waals surface area contributed by atoms with Gasteiger partial charge in [-0.25, -0.2) is 0 Å². The predicted octanol–water partition coefficient (Wildman–Crippen LogP) is 0.979. The van der Waals surface area contributed by atoms with Crippen molar-refractivity contribution >= 4 is 34.7 Å². The zero-order valence-corrected chi connectivity index (χ0v) is 13.3.